The third-order valence-electron chi connectivity index (χ3n) is 4.09. The van der Waals surface area contributed by atoms with Crippen LogP contribution in [-0.2, 0) is 9.53 Å². The molecule has 2 N–H and O–H groups in total. The molecule has 0 spiro atoms. The van der Waals surface area contributed by atoms with E-state index in [1.54, 1.807) is 0 Å². The molecule has 98 valence electrons. The smallest absolute Gasteiger partial charge is 0.323 e. The maximum absolute atomic E-state index is 11.7. The number of quaternary nitrogens is 1. The summed E-state index contributed by atoms with van der Waals surface area (Å²) >= 11 is 0. The second-order valence-corrected chi connectivity index (χ2v) is 5.18. The number of likely N-dealkylation sites (N-methyl/N-ethyl adjacent to an activating group) is 1. The third kappa shape index (κ3) is 2.46. The van der Waals surface area contributed by atoms with E-state index in [1.807, 2.05) is 7.05 Å². The standard InChI is InChI=1S/C12H23N3O2/c1-4-5-15-8-13-9-6-10(12(16)17-3)14(2)7-11(9)15/h9-11,13H,4-8H2,1-3H3/p+1. The second-order valence-electron chi connectivity index (χ2n) is 5.18. The molecule has 0 aromatic carbocycles. The number of nitrogens with two attached hydrogens (primary N) is 1. The van der Waals surface area contributed by atoms with Crippen LogP contribution in [0.2, 0.25) is 0 Å². The van der Waals surface area contributed by atoms with Crippen molar-refractivity contribution in [2.24, 2.45) is 0 Å². The van der Waals surface area contributed by atoms with Gasteiger partial charge in [-0.05, 0) is 13.5 Å². The normalized spacial score (nSPS) is 34.6. The van der Waals surface area contributed by atoms with Gasteiger partial charge in [0.25, 0.3) is 0 Å². The molecule has 2 heterocycles. The molecule has 2 saturated heterocycles. The predicted molar refractivity (Wildman–Crippen MR) is 64.4 cm³/mol. The van der Waals surface area contributed by atoms with Gasteiger partial charge in [-0.15, -0.1) is 0 Å². The highest BCUT2D eigenvalue weighted by Gasteiger charge is 2.46. The van der Waals surface area contributed by atoms with Crippen LogP contribution in [0.1, 0.15) is 19.8 Å². The Bertz CT molecular complexity index is 285. The molecule has 17 heavy (non-hydrogen) atoms. The number of hydrogen-bond acceptors (Lipinski definition) is 4. The lowest BCUT2D eigenvalue weighted by Crippen LogP contribution is -2.89. The molecule has 2 aliphatic rings. The molecule has 5 nitrogen and oxygen atoms in total. The van der Waals surface area contributed by atoms with Crippen LogP contribution in [0.15, 0.2) is 0 Å². The first kappa shape index (κ1) is 12.8. The van der Waals surface area contributed by atoms with E-state index < -0.39 is 0 Å². The van der Waals surface area contributed by atoms with Crippen LogP contribution < -0.4 is 5.32 Å². The molecule has 2 rings (SSSR count). The molecule has 0 radical (unpaired) electrons. The van der Waals surface area contributed by atoms with Crippen molar-refractivity contribution in [1.82, 2.24) is 9.80 Å². The fourth-order valence-electron chi connectivity index (χ4n) is 3.15. The van der Waals surface area contributed by atoms with Crippen LogP contribution in [0.25, 0.3) is 0 Å². The van der Waals surface area contributed by atoms with Crippen molar-refractivity contribution in [2.45, 2.75) is 37.9 Å². The van der Waals surface area contributed by atoms with Gasteiger partial charge < -0.3 is 10.1 Å². The summed E-state index contributed by atoms with van der Waals surface area (Å²) in [7, 11) is 3.50. The van der Waals surface area contributed by atoms with E-state index in [0.29, 0.717) is 12.1 Å². The number of carbonyl (C=O) groups is 1. The minimum atomic E-state index is -0.0895. The summed E-state index contributed by atoms with van der Waals surface area (Å²) in [6.07, 6.45) is 2.11. The Labute approximate surface area is 103 Å². The van der Waals surface area contributed by atoms with Gasteiger partial charge in [0, 0.05) is 19.5 Å². The summed E-state index contributed by atoms with van der Waals surface area (Å²) in [5.41, 5.74) is 0. The molecule has 0 aliphatic carbocycles. The molecule has 5 heteroatoms. The van der Waals surface area contributed by atoms with Crippen molar-refractivity contribution >= 4 is 5.97 Å². The van der Waals surface area contributed by atoms with Gasteiger partial charge in [-0.3, -0.25) is 9.69 Å². The fourth-order valence-corrected chi connectivity index (χ4v) is 3.15. The van der Waals surface area contributed by atoms with Gasteiger partial charge in [0.1, 0.15) is 18.8 Å². The second kappa shape index (κ2) is 5.33. The van der Waals surface area contributed by atoms with Gasteiger partial charge >= 0.3 is 5.97 Å². The number of nitrogens with zero attached hydrogens (tertiary/aromatic N) is 2. The summed E-state index contributed by atoms with van der Waals surface area (Å²) in [4.78, 5) is 16.4. The summed E-state index contributed by atoms with van der Waals surface area (Å²) in [5, 5.41) is 2.38. The van der Waals surface area contributed by atoms with Crippen LogP contribution in [0.5, 0.6) is 0 Å². The maximum atomic E-state index is 11.7. The molecular weight excluding hydrogens is 218 g/mol. The van der Waals surface area contributed by atoms with Crippen LogP contribution in [0.3, 0.4) is 0 Å². The highest BCUT2D eigenvalue weighted by molar-refractivity contribution is 5.75. The molecule has 0 aromatic heterocycles. The van der Waals surface area contributed by atoms with Crippen molar-refractivity contribution < 1.29 is 14.8 Å². The molecule has 0 aromatic rings. The van der Waals surface area contributed by atoms with Crippen molar-refractivity contribution in [3.63, 3.8) is 0 Å². The Balaban J connectivity index is 2.00. The molecule has 3 unspecified atom stereocenters. The molecule has 0 amide bonds. The van der Waals surface area contributed by atoms with E-state index >= 15 is 0 Å². The van der Waals surface area contributed by atoms with Gasteiger partial charge in [-0.2, -0.15) is 0 Å². The Morgan fingerprint density at radius 2 is 2.29 bits per heavy atom. The number of piperidine rings is 1. The minimum Gasteiger partial charge on any atom is -0.468 e. The van der Waals surface area contributed by atoms with Gasteiger partial charge in [0.15, 0.2) is 0 Å². The topological polar surface area (TPSA) is 49.4 Å². The average molecular weight is 242 g/mol. The lowest BCUT2D eigenvalue weighted by atomic mass is 9.94. The van der Waals surface area contributed by atoms with Crippen molar-refractivity contribution in [1.29, 1.82) is 0 Å². The highest BCUT2D eigenvalue weighted by atomic mass is 16.5. The van der Waals surface area contributed by atoms with Crippen molar-refractivity contribution in [2.75, 3.05) is 33.9 Å². The number of hydrogen-bond donors (Lipinski definition) is 1. The minimum absolute atomic E-state index is 0.0564. The van der Waals surface area contributed by atoms with E-state index in [9.17, 15) is 4.79 Å². The summed E-state index contributed by atoms with van der Waals surface area (Å²) in [6.45, 7) is 5.43. The average Bonchev–Trinajstić information content (AvgIpc) is 2.70. The largest absolute Gasteiger partial charge is 0.468 e. The lowest BCUT2D eigenvalue weighted by Gasteiger charge is -2.37. The Morgan fingerprint density at radius 1 is 1.53 bits per heavy atom. The number of carbonyl (C=O) groups excluding carboxylic acids is 1. The Hall–Kier alpha value is -0.650. The number of fused-ring (bicyclic) bond motifs is 1. The predicted octanol–water partition coefficient (Wildman–Crippen LogP) is -1.15. The maximum Gasteiger partial charge on any atom is 0.323 e. The van der Waals surface area contributed by atoms with E-state index in [-0.39, 0.29) is 12.0 Å². The molecule has 3 atom stereocenters. The number of methoxy groups -OCH3 is 1. The van der Waals surface area contributed by atoms with E-state index in [1.165, 1.54) is 13.5 Å². The van der Waals surface area contributed by atoms with Gasteiger partial charge in [0.05, 0.1) is 13.2 Å². The summed E-state index contributed by atoms with van der Waals surface area (Å²) in [6, 6.07) is 1.10. The first-order valence-corrected chi connectivity index (χ1v) is 6.52. The first-order chi connectivity index (χ1) is 8.17. The van der Waals surface area contributed by atoms with Gasteiger partial charge in [0.2, 0.25) is 0 Å². The Kier molecular flexibility index (Phi) is 4.01. The molecule has 2 aliphatic heterocycles. The van der Waals surface area contributed by atoms with Gasteiger partial charge in [-0.25, -0.2) is 4.90 Å². The molecule has 0 bridgehead atoms. The number of likely N-dealkylation sites (tertiary alicyclic amines) is 1. The van der Waals surface area contributed by atoms with Crippen molar-refractivity contribution in [3.05, 3.63) is 0 Å². The van der Waals surface area contributed by atoms with E-state index in [0.717, 1.165) is 26.2 Å². The zero-order valence-corrected chi connectivity index (χ0v) is 11.1. The SMILES string of the molecule is CCCN1C[NH2+]C2CC(C(=O)OC)N(C)CC21. The first-order valence-electron chi connectivity index (χ1n) is 6.52. The van der Waals surface area contributed by atoms with Crippen LogP contribution in [0, 0.1) is 0 Å². The summed E-state index contributed by atoms with van der Waals surface area (Å²) < 4.78 is 4.87. The number of esters is 1. The van der Waals surface area contributed by atoms with Gasteiger partial charge in [-0.1, -0.05) is 6.92 Å². The van der Waals surface area contributed by atoms with E-state index in [2.05, 4.69) is 22.0 Å². The summed E-state index contributed by atoms with van der Waals surface area (Å²) in [5.74, 6) is -0.0895. The lowest BCUT2D eigenvalue weighted by molar-refractivity contribution is -0.678. The quantitative estimate of drug-likeness (QED) is 0.635. The van der Waals surface area contributed by atoms with Crippen LogP contribution >= 0.6 is 0 Å². The molecule has 2 fully saturated rings. The zero-order valence-electron chi connectivity index (χ0n) is 11.1. The fraction of sp³-hybridized carbons (Fsp3) is 0.917. The number of rotatable bonds is 3. The van der Waals surface area contributed by atoms with Crippen LogP contribution in [0.4, 0.5) is 0 Å². The molecular formula is C12H24N3O2+. The third-order valence-corrected chi connectivity index (χ3v) is 4.09. The molecule has 0 saturated carbocycles. The van der Waals surface area contributed by atoms with Crippen LogP contribution in [-0.4, -0.2) is 67.8 Å². The monoisotopic (exact) mass is 242 g/mol. The number of ether oxygens (including phenoxy) is 1. The van der Waals surface area contributed by atoms with Crippen molar-refractivity contribution in [3.8, 4) is 0 Å². The highest BCUT2D eigenvalue weighted by Crippen LogP contribution is 2.21. The van der Waals surface area contributed by atoms with E-state index in [4.69, 9.17) is 4.74 Å². The zero-order chi connectivity index (χ0) is 12.4. The Morgan fingerprint density at radius 3 is 2.94 bits per heavy atom.